The monoisotopic (exact) mass is 476 g/mol. The number of carbonyl (C=O) groups is 1. The zero-order valence-electron chi connectivity index (χ0n) is 19.4. The van der Waals surface area contributed by atoms with Crippen molar-refractivity contribution in [1.29, 1.82) is 5.26 Å². The molecular formula is C23H24N8O2S. The third-order valence-corrected chi connectivity index (χ3v) is 6.56. The second-order valence-corrected chi connectivity index (χ2v) is 10.7. The van der Waals surface area contributed by atoms with Crippen LogP contribution in [0.3, 0.4) is 0 Å². The molecule has 11 heteroatoms. The molecule has 0 aliphatic carbocycles. The van der Waals surface area contributed by atoms with Gasteiger partial charge in [0.25, 0.3) is 0 Å². The van der Waals surface area contributed by atoms with Crippen LogP contribution in [0.15, 0.2) is 37.1 Å². The molecule has 1 aliphatic heterocycles. The summed E-state index contributed by atoms with van der Waals surface area (Å²) in [5.74, 6) is 0.692. The van der Waals surface area contributed by atoms with Gasteiger partial charge in [-0.3, -0.25) is 9.08 Å². The molecular weight excluding hydrogens is 452 g/mol. The lowest BCUT2D eigenvalue weighted by Gasteiger charge is -2.48. The van der Waals surface area contributed by atoms with Gasteiger partial charge in [0.05, 0.1) is 52.9 Å². The predicted octanol–water partition coefficient (Wildman–Crippen LogP) is 3.88. The number of amides is 1. The van der Waals surface area contributed by atoms with Crippen LogP contribution in [0.1, 0.15) is 32.2 Å². The van der Waals surface area contributed by atoms with Gasteiger partial charge in [0.1, 0.15) is 22.6 Å². The molecule has 1 saturated heterocycles. The number of aryl methyl sites for hydroxylation is 1. The summed E-state index contributed by atoms with van der Waals surface area (Å²) in [4.78, 5) is 28.7. The normalized spacial score (nSPS) is 15.2. The van der Waals surface area contributed by atoms with Gasteiger partial charge in [-0.1, -0.05) is 0 Å². The van der Waals surface area contributed by atoms with Crippen LogP contribution in [0, 0.1) is 18.3 Å². The van der Waals surface area contributed by atoms with Crippen molar-refractivity contribution in [3.8, 4) is 28.0 Å². The molecule has 1 amide bonds. The number of fused-ring (bicyclic) bond motifs is 1. The Bertz CT molecular complexity index is 1410. The molecule has 0 atom stereocenters. The highest BCUT2D eigenvalue weighted by atomic mass is 32.1. The molecule has 0 N–H and O–H groups in total. The van der Waals surface area contributed by atoms with E-state index in [9.17, 15) is 10.1 Å². The largest absolute Gasteiger partial charge is 0.444 e. The molecule has 5 heterocycles. The summed E-state index contributed by atoms with van der Waals surface area (Å²) in [5, 5.41) is 15.0. The lowest BCUT2D eigenvalue weighted by atomic mass is 9.87. The lowest BCUT2D eigenvalue weighted by Crippen LogP contribution is -2.64. The lowest BCUT2D eigenvalue weighted by molar-refractivity contribution is -0.0314. The Morgan fingerprint density at radius 1 is 1.29 bits per heavy atom. The topological polar surface area (TPSA) is 114 Å². The summed E-state index contributed by atoms with van der Waals surface area (Å²) < 4.78 is 9.15. The van der Waals surface area contributed by atoms with Crippen molar-refractivity contribution in [3.05, 3.63) is 42.1 Å². The summed E-state index contributed by atoms with van der Waals surface area (Å²) in [7, 11) is 0. The first-order chi connectivity index (χ1) is 16.2. The van der Waals surface area contributed by atoms with E-state index in [2.05, 4.69) is 21.1 Å². The minimum atomic E-state index is -0.607. The molecule has 34 heavy (non-hydrogen) atoms. The molecule has 1 aliphatic rings. The first-order valence-corrected chi connectivity index (χ1v) is 11.7. The molecule has 4 aromatic heterocycles. The minimum absolute atomic E-state index is 0.224. The van der Waals surface area contributed by atoms with Crippen LogP contribution < -0.4 is 0 Å². The molecule has 0 aromatic carbocycles. The van der Waals surface area contributed by atoms with E-state index in [0.717, 1.165) is 26.8 Å². The Kier molecular flexibility index (Phi) is 5.13. The molecule has 1 fully saturated rings. The number of carbonyl (C=O) groups excluding carboxylic acids is 1. The van der Waals surface area contributed by atoms with Gasteiger partial charge in [0.15, 0.2) is 0 Å². The molecule has 10 nitrogen and oxygen atoms in total. The molecule has 174 valence electrons. The number of nitrogens with zero attached hydrogens (tertiary/aromatic N) is 8. The maximum Gasteiger partial charge on any atom is 0.410 e. The molecule has 5 rings (SSSR count). The smallest absolute Gasteiger partial charge is 0.410 e. The van der Waals surface area contributed by atoms with E-state index < -0.39 is 11.1 Å². The van der Waals surface area contributed by atoms with E-state index in [4.69, 9.17) is 9.72 Å². The fourth-order valence-corrected chi connectivity index (χ4v) is 4.77. The van der Waals surface area contributed by atoms with Crippen LogP contribution in [-0.2, 0) is 10.3 Å². The number of rotatable bonds is 4. The summed E-state index contributed by atoms with van der Waals surface area (Å²) >= 11 is 1.57. The Balaban J connectivity index is 1.47. The van der Waals surface area contributed by atoms with Gasteiger partial charge in [-0.25, -0.2) is 19.7 Å². The molecule has 4 aromatic rings. The molecule has 0 unspecified atom stereocenters. The van der Waals surface area contributed by atoms with Gasteiger partial charge in [-0.05, 0) is 27.7 Å². The van der Waals surface area contributed by atoms with Crippen LogP contribution in [0.4, 0.5) is 4.79 Å². The summed E-state index contributed by atoms with van der Waals surface area (Å²) in [6.45, 7) is 8.16. The number of hydrogen-bond donors (Lipinski definition) is 0. The Morgan fingerprint density at radius 3 is 2.76 bits per heavy atom. The van der Waals surface area contributed by atoms with E-state index in [0.29, 0.717) is 18.9 Å². The quantitative estimate of drug-likeness (QED) is 0.439. The van der Waals surface area contributed by atoms with Crippen LogP contribution in [0.25, 0.3) is 27.6 Å². The average molecular weight is 477 g/mol. The molecule has 0 bridgehead atoms. The zero-order chi connectivity index (χ0) is 24.1. The van der Waals surface area contributed by atoms with Gasteiger partial charge in [0.2, 0.25) is 0 Å². The van der Waals surface area contributed by atoms with Crippen molar-refractivity contribution >= 4 is 23.1 Å². The van der Waals surface area contributed by atoms with Crippen LogP contribution >= 0.6 is 11.3 Å². The third-order valence-electron chi connectivity index (χ3n) is 5.62. The van der Waals surface area contributed by atoms with Crippen molar-refractivity contribution in [3.63, 3.8) is 0 Å². The van der Waals surface area contributed by atoms with E-state index in [1.807, 2.05) is 56.8 Å². The van der Waals surface area contributed by atoms with Crippen molar-refractivity contribution in [2.45, 2.75) is 45.3 Å². The van der Waals surface area contributed by atoms with Gasteiger partial charge in [-0.15, -0.1) is 11.3 Å². The predicted molar refractivity (Wildman–Crippen MR) is 126 cm³/mol. The maximum absolute atomic E-state index is 12.4. The highest BCUT2D eigenvalue weighted by Crippen LogP contribution is 2.35. The van der Waals surface area contributed by atoms with Crippen LogP contribution in [0.5, 0.6) is 0 Å². The van der Waals surface area contributed by atoms with Crippen molar-refractivity contribution in [2.75, 3.05) is 13.1 Å². The average Bonchev–Trinajstić information content (AvgIpc) is 3.48. The summed E-state index contributed by atoms with van der Waals surface area (Å²) in [6, 6.07) is 4.18. The second kappa shape index (κ2) is 7.92. The van der Waals surface area contributed by atoms with Gasteiger partial charge in [-0.2, -0.15) is 10.4 Å². The minimum Gasteiger partial charge on any atom is -0.444 e. The molecule has 0 radical (unpaired) electrons. The first-order valence-electron chi connectivity index (χ1n) is 10.8. The highest BCUT2D eigenvalue weighted by molar-refractivity contribution is 7.15. The summed E-state index contributed by atoms with van der Waals surface area (Å²) in [6.07, 6.45) is 8.86. The number of imidazole rings is 1. The molecule has 0 saturated carbocycles. The number of hydrogen-bond acceptors (Lipinski definition) is 8. The Hall–Kier alpha value is -3.78. The summed E-state index contributed by atoms with van der Waals surface area (Å²) in [5.41, 5.74) is 1.17. The van der Waals surface area contributed by atoms with Crippen molar-refractivity contribution in [1.82, 2.24) is 34.0 Å². The van der Waals surface area contributed by atoms with Crippen molar-refractivity contribution in [2.24, 2.45) is 0 Å². The van der Waals surface area contributed by atoms with Crippen LogP contribution in [0.2, 0.25) is 0 Å². The maximum atomic E-state index is 12.4. The fraction of sp³-hybridized carbons (Fsp3) is 0.391. The second-order valence-electron chi connectivity index (χ2n) is 9.43. The zero-order valence-corrected chi connectivity index (χ0v) is 20.2. The molecule has 0 spiro atoms. The Labute approximate surface area is 200 Å². The third kappa shape index (κ3) is 3.90. The van der Waals surface area contributed by atoms with Gasteiger partial charge < -0.3 is 9.64 Å². The van der Waals surface area contributed by atoms with E-state index in [1.54, 1.807) is 33.3 Å². The van der Waals surface area contributed by atoms with Crippen LogP contribution in [-0.4, -0.2) is 58.8 Å². The first kappa shape index (κ1) is 22.0. The fourth-order valence-electron chi connectivity index (χ4n) is 4.04. The van der Waals surface area contributed by atoms with E-state index >= 15 is 0 Å². The number of likely N-dealkylation sites (tertiary alicyclic amines) is 1. The standard InChI is InChI=1S/C23H24N8O2S/c1-15-26-11-18(34-15)17-9-19-25-7-8-30(19)20(28-17)16-10-27-31(12-16)23(5-6-24)13-29(14-23)21(32)33-22(2,3)4/h7-12H,5,13-14H2,1-4H3. The SMILES string of the molecule is Cc1ncc(-c2cc3nccn3c(-c3cnn(C4(CC#N)CN(C(=O)OC(C)(C)C)C4)c3)n2)s1. The van der Waals surface area contributed by atoms with Gasteiger partial charge >= 0.3 is 6.09 Å². The van der Waals surface area contributed by atoms with E-state index in [-0.39, 0.29) is 12.5 Å². The highest BCUT2D eigenvalue weighted by Gasteiger charge is 2.48. The number of thiazole rings is 1. The number of ether oxygens (including phenoxy) is 1. The Morgan fingerprint density at radius 2 is 2.09 bits per heavy atom. The number of aromatic nitrogens is 6. The van der Waals surface area contributed by atoms with E-state index in [1.165, 1.54) is 0 Å². The van der Waals surface area contributed by atoms with Gasteiger partial charge in [0, 0.05) is 30.9 Å². The number of nitriles is 1. The van der Waals surface area contributed by atoms with Crippen molar-refractivity contribution < 1.29 is 9.53 Å².